The van der Waals surface area contributed by atoms with Crippen molar-refractivity contribution in [2.24, 2.45) is 17.8 Å². The molecule has 0 bridgehead atoms. The maximum absolute atomic E-state index is 9.22. The van der Waals surface area contributed by atoms with Crippen LogP contribution in [0.2, 0.25) is 0 Å². The lowest BCUT2D eigenvalue weighted by Gasteiger charge is -2.40. The Labute approximate surface area is 118 Å². The number of hydrogen-bond acceptors (Lipinski definition) is 3. The summed E-state index contributed by atoms with van der Waals surface area (Å²) in [5.41, 5.74) is 0. The van der Waals surface area contributed by atoms with Gasteiger partial charge in [0.05, 0.1) is 0 Å². The van der Waals surface area contributed by atoms with Gasteiger partial charge in [-0.2, -0.15) is 0 Å². The average molecular weight is 268 g/mol. The van der Waals surface area contributed by atoms with Crippen LogP contribution in [0.4, 0.5) is 0 Å². The molecule has 3 unspecified atom stereocenters. The van der Waals surface area contributed by atoms with Crippen LogP contribution in [0, 0.1) is 17.8 Å². The van der Waals surface area contributed by atoms with Crippen molar-refractivity contribution < 1.29 is 5.11 Å². The Bertz CT molecular complexity index is 251. The second-order valence-corrected chi connectivity index (χ2v) is 6.67. The maximum Gasteiger partial charge on any atom is 0.0460 e. The van der Waals surface area contributed by atoms with Gasteiger partial charge in [-0.25, -0.2) is 0 Å². The molecule has 1 aliphatic carbocycles. The van der Waals surface area contributed by atoms with Crippen LogP contribution in [0.5, 0.6) is 0 Å². The first kappa shape index (κ1) is 15.3. The molecule has 1 saturated heterocycles. The first-order valence-corrected chi connectivity index (χ1v) is 8.27. The summed E-state index contributed by atoms with van der Waals surface area (Å²) in [7, 11) is 2.13. The molecular weight excluding hydrogens is 236 g/mol. The summed E-state index contributed by atoms with van der Waals surface area (Å²) in [4.78, 5) is 2.64. The van der Waals surface area contributed by atoms with E-state index in [0.29, 0.717) is 12.5 Å². The van der Waals surface area contributed by atoms with Gasteiger partial charge >= 0.3 is 0 Å². The van der Waals surface area contributed by atoms with E-state index in [2.05, 4.69) is 24.2 Å². The normalized spacial score (nSPS) is 34.6. The molecule has 3 heteroatoms. The fourth-order valence-electron chi connectivity index (χ4n) is 4.00. The molecule has 3 atom stereocenters. The third-order valence-corrected chi connectivity index (χ3v) is 5.50. The number of likely N-dealkylation sites (tertiary alicyclic amines) is 1. The molecule has 0 aromatic carbocycles. The van der Waals surface area contributed by atoms with E-state index in [9.17, 15) is 5.11 Å². The van der Waals surface area contributed by atoms with E-state index in [1.54, 1.807) is 0 Å². The molecule has 0 radical (unpaired) electrons. The van der Waals surface area contributed by atoms with Crippen molar-refractivity contribution in [3.8, 4) is 0 Å². The molecule has 1 heterocycles. The third-order valence-electron chi connectivity index (χ3n) is 5.50. The SMILES string of the molecule is CCC1CCC(NC)C(CN2CCC(CO)CC2)C1. The summed E-state index contributed by atoms with van der Waals surface area (Å²) in [6, 6.07) is 0.721. The van der Waals surface area contributed by atoms with Crippen molar-refractivity contribution >= 4 is 0 Å². The Kier molecular flexibility index (Phi) is 6.11. The van der Waals surface area contributed by atoms with E-state index in [1.807, 2.05) is 0 Å². The minimum Gasteiger partial charge on any atom is -0.396 e. The topological polar surface area (TPSA) is 35.5 Å². The van der Waals surface area contributed by atoms with Crippen LogP contribution in [0.25, 0.3) is 0 Å². The first-order chi connectivity index (χ1) is 9.26. The predicted molar refractivity (Wildman–Crippen MR) is 80.2 cm³/mol. The molecule has 1 aliphatic heterocycles. The summed E-state index contributed by atoms with van der Waals surface area (Å²) < 4.78 is 0. The molecule has 2 rings (SSSR count). The highest BCUT2D eigenvalue weighted by Gasteiger charge is 2.31. The zero-order valence-corrected chi connectivity index (χ0v) is 12.8. The van der Waals surface area contributed by atoms with Gasteiger partial charge < -0.3 is 15.3 Å². The van der Waals surface area contributed by atoms with E-state index < -0.39 is 0 Å². The highest BCUT2D eigenvalue weighted by Crippen LogP contribution is 2.32. The van der Waals surface area contributed by atoms with E-state index in [1.165, 1.54) is 58.2 Å². The number of piperidine rings is 1. The molecule has 0 spiro atoms. The summed E-state index contributed by atoms with van der Waals surface area (Å²) in [5.74, 6) is 2.34. The molecule has 2 fully saturated rings. The minimum atomic E-state index is 0.383. The van der Waals surface area contributed by atoms with Crippen LogP contribution in [0.15, 0.2) is 0 Å². The fourth-order valence-corrected chi connectivity index (χ4v) is 4.00. The summed E-state index contributed by atoms with van der Waals surface area (Å²) in [6.45, 7) is 6.37. The van der Waals surface area contributed by atoms with Gasteiger partial charge in [0.25, 0.3) is 0 Å². The van der Waals surface area contributed by atoms with Gasteiger partial charge in [0.1, 0.15) is 0 Å². The number of aliphatic hydroxyl groups excluding tert-OH is 1. The second-order valence-electron chi connectivity index (χ2n) is 6.67. The molecule has 1 saturated carbocycles. The summed E-state index contributed by atoms with van der Waals surface area (Å²) >= 11 is 0. The van der Waals surface area contributed by atoms with E-state index >= 15 is 0 Å². The fraction of sp³-hybridized carbons (Fsp3) is 1.00. The van der Waals surface area contributed by atoms with E-state index in [0.717, 1.165) is 17.9 Å². The first-order valence-electron chi connectivity index (χ1n) is 8.27. The van der Waals surface area contributed by atoms with Crippen molar-refractivity contribution in [1.29, 1.82) is 0 Å². The van der Waals surface area contributed by atoms with Crippen molar-refractivity contribution in [2.45, 2.75) is 51.5 Å². The smallest absolute Gasteiger partial charge is 0.0460 e. The lowest BCUT2D eigenvalue weighted by atomic mass is 9.76. The molecule has 3 nitrogen and oxygen atoms in total. The van der Waals surface area contributed by atoms with Gasteiger partial charge in [0.15, 0.2) is 0 Å². The highest BCUT2D eigenvalue weighted by atomic mass is 16.3. The molecule has 0 aromatic rings. The lowest BCUT2D eigenvalue weighted by Crippen LogP contribution is -2.46. The van der Waals surface area contributed by atoms with Crippen LogP contribution < -0.4 is 5.32 Å². The number of rotatable bonds is 5. The van der Waals surface area contributed by atoms with E-state index in [-0.39, 0.29) is 0 Å². The van der Waals surface area contributed by atoms with Gasteiger partial charge in [-0.3, -0.25) is 0 Å². The Balaban J connectivity index is 1.82. The number of hydrogen-bond donors (Lipinski definition) is 2. The van der Waals surface area contributed by atoms with Crippen molar-refractivity contribution in [3.63, 3.8) is 0 Å². The number of aliphatic hydroxyl groups is 1. The van der Waals surface area contributed by atoms with Gasteiger partial charge in [0, 0.05) is 19.2 Å². The highest BCUT2D eigenvalue weighted by molar-refractivity contribution is 4.86. The van der Waals surface area contributed by atoms with Crippen molar-refractivity contribution in [2.75, 3.05) is 33.3 Å². The Morgan fingerprint density at radius 2 is 1.84 bits per heavy atom. The van der Waals surface area contributed by atoms with Crippen LogP contribution in [0.1, 0.15) is 45.4 Å². The van der Waals surface area contributed by atoms with Crippen LogP contribution in [-0.2, 0) is 0 Å². The molecule has 2 N–H and O–H groups in total. The second kappa shape index (κ2) is 7.61. The largest absolute Gasteiger partial charge is 0.396 e. The number of nitrogens with one attached hydrogen (secondary N) is 1. The van der Waals surface area contributed by atoms with Crippen LogP contribution in [-0.4, -0.2) is 49.3 Å². The zero-order chi connectivity index (χ0) is 13.7. The average Bonchev–Trinajstić information content (AvgIpc) is 2.48. The van der Waals surface area contributed by atoms with Gasteiger partial charge in [-0.1, -0.05) is 13.3 Å². The van der Waals surface area contributed by atoms with Crippen molar-refractivity contribution in [1.82, 2.24) is 10.2 Å². The molecule has 2 aliphatic rings. The molecule has 0 amide bonds. The summed E-state index contributed by atoms with van der Waals surface area (Å²) in [6.07, 6.45) is 7.88. The molecular formula is C16H32N2O. The minimum absolute atomic E-state index is 0.383. The van der Waals surface area contributed by atoms with Crippen molar-refractivity contribution in [3.05, 3.63) is 0 Å². The van der Waals surface area contributed by atoms with Gasteiger partial charge in [0.2, 0.25) is 0 Å². The molecule has 112 valence electrons. The van der Waals surface area contributed by atoms with Gasteiger partial charge in [-0.15, -0.1) is 0 Å². The Morgan fingerprint density at radius 1 is 1.11 bits per heavy atom. The maximum atomic E-state index is 9.22. The third kappa shape index (κ3) is 4.17. The standard InChI is InChI=1S/C16H32N2O/c1-3-13-4-5-16(17-2)15(10-13)11-18-8-6-14(12-19)7-9-18/h13-17,19H,3-12H2,1-2H3. The molecule has 0 aromatic heterocycles. The quantitative estimate of drug-likeness (QED) is 0.801. The Hall–Kier alpha value is -0.120. The summed E-state index contributed by atoms with van der Waals surface area (Å²) in [5, 5.41) is 12.8. The van der Waals surface area contributed by atoms with Gasteiger partial charge in [-0.05, 0) is 70.0 Å². The zero-order valence-electron chi connectivity index (χ0n) is 12.8. The Morgan fingerprint density at radius 3 is 2.42 bits per heavy atom. The van der Waals surface area contributed by atoms with Crippen LogP contribution >= 0.6 is 0 Å². The number of nitrogens with zero attached hydrogens (tertiary/aromatic N) is 1. The molecule has 19 heavy (non-hydrogen) atoms. The predicted octanol–water partition coefficient (Wildman–Crippen LogP) is 2.10. The van der Waals surface area contributed by atoms with Crippen LogP contribution in [0.3, 0.4) is 0 Å². The lowest BCUT2D eigenvalue weighted by molar-refractivity contribution is 0.0933. The monoisotopic (exact) mass is 268 g/mol. The van der Waals surface area contributed by atoms with E-state index in [4.69, 9.17) is 0 Å².